The molecule has 1 aromatic carbocycles. The first-order valence-corrected chi connectivity index (χ1v) is 11.3. The van der Waals surface area contributed by atoms with Crippen LogP contribution in [0.4, 0.5) is 5.69 Å². The van der Waals surface area contributed by atoms with Crippen LogP contribution >= 0.6 is 11.6 Å². The highest BCUT2D eigenvalue weighted by molar-refractivity contribution is 7.89. The van der Waals surface area contributed by atoms with Crippen molar-refractivity contribution >= 4 is 33.2 Å². The lowest BCUT2D eigenvalue weighted by molar-refractivity contribution is 0.101. The van der Waals surface area contributed by atoms with Crippen LogP contribution in [0.3, 0.4) is 0 Å². The first-order valence-electron chi connectivity index (χ1n) is 9.49. The fraction of sp³-hybridized carbons (Fsp3) is 0.450. The number of sulfonamides is 1. The predicted molar refractivity (Wildman–Crippen MR) is 114 cm³/mol. The van der Waals surface area contributed by atoms with E-state index in [9.17, 15) is 13.2 Å². The quantitative estimate of drug-likeness (QED) is 0.692. The number of rotatable bonds is 8. The Morgan fingerprint density at radius 1 is 1.14 bits per heavy atom. The molecule has 2 aromatic rings. The molecule has 0 atom stereocenters. The molecule has 0 unspecified atom stereocenters. The van der Waals surface area contributed by atoms with Crippen molar-refractivity contribution in [2.24, 2.45) is 7.05 Å². The maximum absolute atomic E-state index is 12.9. The summed E-state index contributed by atoms with van der Waals surface area (Å²) in [6.07, 6.45) is 2.90. The van der Waals surface area contributed by atoms with Crippen LogP contribution in [0.5, 0.6) is 0 Å². The Balaban J connectivity index is 2.43. The topological polar surface area (TPSA) is 71.4 Å². The summed E-state index contributed by atoms with van der Waals surface area (Å²) >= 11 is 6.31. The highest BCUT2D eigenvalue weighted by Gasteiger charge is 2.26. The predicted octanol–water partition coefficient (Wildman–Crippen LogP) is 4.09. The zero-order valence-corrected chi connectivity index (χ0v) is 18.6. The third-order valence-corrected chi connectivity index (χ3v) is 7.24. The Kier molecular flexibility index (Phi) is 7.31. The van der Waals surface area contributed by atoms with Crippen molar-refractivity contribution in [2.45, 2.75) is 45.4 Å². The van der Waals surface area contributed by atoms with Gasteiger partial charge in [0.2, 0.25) is 10.0 Å². The van der Waals surface area contributed by atoms with Crippen LogP contribution in [0.1, 0.15) is 49.3 Å². The van der Waals surface area contributed by atoms with Gasteiger partial charge in [-0.05, 0) is 36.1 Å². The van der Waals surface area contributed by atoms with Crippen molar-refractivity contribution in [2.75, 3.05) is 18.4 Å². The van der Waals surface area contributed by atoms with E-state index in [1.165, 1.54) is 21.1 Å². The number of nitrogens with zero attached hydrogens (tertiary/aromatic N) is 2. The van der Waals surface area contributed by atoms with Gasteiger partial charge in [0, 0.05) is 37.0 Å². The molecule has 6 nitrogen and oxygen atoms in total. The molecular weight excluding hydrogens is 398 g/mol. The number of halogens is 1. The van der Waals surface area contributed by atoms with Gasteiger partial charge in [-0.15, -0.1) is 0 Å². The average molecular weight is 426 g/mol. The molecule has 0 saturated carbocycles. The molecule has 0 bridgehead atoms. The Bertz CT molecular complexity index is 963. The van der Waals surface area contributed by atoms with Crippen LogP contribution in [0, 0.1) is 0 Å². The second-order valence-corrected chi connectivity index (χ2v) is 8.83. The van der Waals surface area contributed by atoms with Gasteiger partial charge >= 0.3 is 0 Å². The minimum absolute atomic E-state index is 0.112. The molecule has 1 aromatic heterocycles. The molecule has 0 aliphatic carbocycles. The molecule has 0 spiro atoms. The minimum Gasteiger partial charge on any atom is -0.345 e. The zero-order valence-electron chi connectivity index (χ0n) is 17.0. The van der Waals surface area contributed by atoms with Crippen molar-refractivity contribution in [3.8, 4) is 0 Å². The fourth-order valence-corrected chi connectivity index (χ4v) is 5.08. The molecule has 28 heavy (non-hydrogen) atoms. The summed E-state index contributed by atoms with van der Waals surface area (Å²) in [5, 5.41) is 3.55. The van der Waals surface area contributed by atoms with E-state index in [-0.39, 0.29) is 16.5 Å². The molecule has 0 fully saturated rings. The van der Waals surface area contributed by atoms with Crippen LogP contribution in [0.25, 0.3) is 0 Å². The average Bonchev–Trinajstić information content (AvgIpc) is 3.05. The lowest BCUT2D eigenvalue weighted by Crippen LogP contribution is -2.30. The number of anilines is 1. The monoisotopic (exact) mass is 425 g/mol. The summed E-state index contributed by atoms with van der Waals surface area (Å²) in [6, 6.07) is 5.16. The van der Waals surface area contributed by atoms with Crippen LogP contribution in [-0.2, 0) is 29.9 Å². The minimum atomic E-state index is -3.63. The molecule has 1 N–H and O–H groups in total. The number of benzene rings is 1. The maximum atomic E-state index is 12.9. The fourth-order valence-electron chi connectivity index (χ4n) is 3.26. The highest BCUT2D eigenvalue weighted by Crippen LogP contribution is 2.30. The number of hydrogen-bond donors (Lipinski definition) is 1. The molecule has 1 amide bonds. The summed E-state index contributed by atoms with van der Waals surface area (Å²) in [7, 11) is -1.97. The van der Waals surface area contributed by atoms with Gasteiger partial charge in [-0.3, -0.25) is 4.79 Å². The third-order valence-electron chi connectivity index (χ3n) is 4.87. The highest BCUT2D eigenvalue weighted by atomic mass is 35.5. The first kappa shape index (κ1) is 22.5. The molecule has 0 aliphatic rings. The molecule has 1 heterocycles. The molecule has 2 rings (SSSR count). The van der Waals surface area contributed by atoms with Gasteiger partial charge in [0.15, 0.2) is 0 Å². The maximum Gasteiger partial charge on any atom is 0.272 e. The lowest BCUT2D eigenvalue weighted by Gasteiger charge is -2.17. The second-order valence-electron chi connectivity index (χ2n) is 6.48. The summed E-state index contributed by atoms with van der Waals surface area (Å²) in [4.78, 5) is 13.1. The van der Waals surface area contributed by atoms with Gasteiger partial charge < -0.3 is 9.88 Å². The molecule has 154 valence electrons. The van der Waals surface area contributed by atoms with E-state index in [0.717, 1.165) is 17.5 Å². The van der Waals surface area contributed by atoms with E-state index in [1.807, 2.05) is 26.0 Å². The Morgan fingerprint density at radius 2 is 1.79 bits per heavy atom. The van der Waals surface area contributed by atoms with E-state index >= 15 is 0 Å². The van der Waals surface area contributed by atoms with Crippen molar-refractivity contribution in [1.29, 1.82) is 0 Å². The SMILES string of the molecule is CCc1ccc(Cl)c(CC)c1NC(=O)c1cc(S(=O)(=O)N(CC)CC)cn1C. The smallest absolute Gasteiger partial charge is 0.272 e. The van der Waals surface area contributed by atoms with Gasteiger partial charge in [-0.1, -0.05) is 45.4 Å². The molecule has 0 radical (unpaired) electrons. The Labute approximate surface area is 172 Å². The van der Waals surface area contributed by atoms with Crippen molar-refractivity contribution in [3.63, 3.8) is 0 Å². The molecule has 0 aliphatic heterocycles. The van der Waals surface area contributed by atoms with E-state index in [2.05, 4.69) is 5.32 Å². The number of nitrogens with one attached hydrogen (secondary N) is 1. The van der Waals surface area contributed by atoms with Crippen LogP contribution < -0.4 is 5.32 Å². The standard InChI is InChI=1S/C20H28ClN3O3S/c1-6-14-10-11-17(21)16(7-2)19(14)22-20(25)18-12-15(13-23(18)5)28(26,27)24(8-3)9-4/h10-13H,6-9H2,1-5H3,(H,22,25). The van der Waals surface area contributed by atoms with Crippen molar-refractivity contribution < 1.29 is 13.2 Å². The normalized spacial score (nSPS) is 11.8. The molecule has 8 heteroatoms. The Hall–Kier alpha value is -1.83. The summed E-state index contributed by atoms with van der Waals surface area (Å²) in [5.74, 6) is -0.366. The van der Waals surface area contributed by atoms with Gasteiger partial charge in [0.05, 0.1) is 0 Å². The summed E-state index contributed by atoms with van der Waals surface area (Å²) in [5.41, 5.74) is 2.84. The van der Waals surface area contributed by atoms with Crippen LogP contribution in [0.15, 0.2) is 29.3 Å². The number of aromatic nitrogens is 1. The van der Waals surface area contributed by atoms with Crippen LogP contribution in [0.2, 0.25) is 5.02 Å². The third kappa shape index (κ3) is 4.26. The molecular formula is C20H28ClN3O3S. The van der Waals surface area contributed by atoms with E-state index < -0.39 is 10.0 Å². The number of amides is 1. The van der Waals surface area contributed by atoms with E-state index in [4.69, 9.17) is 11.6 Å². The number of hydrogen-bond acceptors (Lipinski definition) is 3. The number of carbonyl (C=O) groups excluding carboxylic acids is 1. The van der Waals surface area contributed by atoms with Gasteiger partial charge in [0.25, 0.3) is 5.91 Å². The molecule has 0 saturated heterocycles. The number of aryl methyl sites for hydroxylation is 2. The van der Waals surface area contributed by atoms with E-state index in [1.54, 1.807) is 20.9 Å². The summed E-state index contributed by atoms with van der Waals surface area (Å²) < 4.78 is 28.4. The van der Waals surface area contributed by atoms with Crippen LogP contribution in [-0.4, -0.2) is 36.3 Å². The summed E-state index contributed by atoms with van der Waals surface area (Å²) in [6.45, 7) is 8.31. The lowest BCUT2D eigenvalue weighted by atomic mass is 10.0. The second kappa shape index (κ2) is 9.11. The number of carbonyl (C=O) groups is 1. The van der Waals surface area contributed by atoms with E-state index in [0.29, 0.717) is 30.2 Å². The largest absolute Gasteiger partial charge is 0.345 e. The zero-order chi connectivity index (χ0) is 21.1. The Morgan fingerprint density at radius 3 is 2.32 bits per heavy atom. The first-order chi connectivity index (χ1) is 13.2. The van der Waals surface area contributed by atoms with Crippen molar-refractivity contribution in [1.82, 2.24) is 8.87 Å². The van der Waals surface area contributed by atoms with Gasteiger partial charge in [-0.2, -0.15) is 4.31 Å². The van der Waals surface area contributed by atoms with Gasteiger partial charge in [-0.25, -0.2) is 8.42 Å². The van der Waals surface area contributed by atoms with Crippen molar-refractivity contribution in [3.05, 3.63) is 46.2 Å². The van der Waals surface area contributed by atoms with Gasteiger partial charge in [0.1, 0.15) is 10.6 Å².